The van der Waals surface area contributed by atoms with Crippen LogP contribution in [0.4, 0.5) is 0 Å². The van der Waals surface area contributed by atoms with E-state index in [0.717, 1.165) is 24.8 Å². The van der Waals surface area contributed by atoms with Crippen LogP contribution >= 0.6 is 0 Å². The zero-order valence-corrected chi connectivity index (χ0v) is 15.5. The Morgan fingerprint density at radius 1 is 1.00 bits per heavy atom. The average molecular weight is 369 g/mol. The van der Waals surface area contributed by atoms with Gasteiger partial charge in [-0.1, -0.05) is 37.6 Å². The average Bonchev–Trinajstić information content (AvgIpc) is 2.70. The van der Waals surface area contributed by atoms with Crippen molar-refractivity contribution in [3.05, 3.63) is 65.2 Å². The fourth-order valence-corrected chi connectivity index (χ4v) is 2.47. The van der Waals surface area contributed by atoms with Crippen LogP contribution in [0.3, 0.4) is 0 Å². The molecule has 0 unspecified atom stereocenters. The molecule has 0 aliphatic carbocycles. The third-order valence-electron chi connectivity index (χ3n) is 3.95. The van der Waals surface area contributed by atoms with Gasteiger partial charge in [-0.05, 0) is 42.7 Å². The van der Waals surface area contributed by atoms with Crippen molar-refractivity contribution < 1.29 is 23.9 Å². The van der Waals surface area contributed by atoms with Crippen LogP contribution in [0.15, 0.2) is 48.5 Å². The molecule has 2 amide bonds. The molecule has 2 rings (SSSR count). The van der Waals surface area contributed by atoms with Crippen molar-refractivity contribution in [2.24, 2.45) is 0 Å². The molecular formula is C21H23NO5. The normalized spacial score (nSPS) is 10.1. The van der Waals surface area contributed by atoms with Crippen LogP contribution in [0.1, 0.15) is 46.0 Å². The molecule has 6 heteroatoms. The number of benzene rings is 2. The van der Waals surface area contributed by atoms with E-state index in [9.17, 15) is 14.4 Å². The van der Waals surface area contributed by atoms with Gasteiger partial charge >= 0.3 is 5.97 Å². The van der Waals surface area contributed by atoms with E-state index in [1.165, 1.54) is 13.2 Å². The fourth-order valence-electron chi connectivity index (χ4n) is 2.47. The summed E-state index contributed by atoms with van der Waals surface area (Å²) in [5.74, 6) is -1.59. The van der Waals surface area contributed by atoms with E-state index >= 15 is 0 Å². The molecule has 1 N–H and O–H groups in total. The van der Waals surface area contributed by atoms with Gasteiger partial charge in [-0.15, -0.1) is 0 Å². The van der Waals surface area contributed by atoms with E-state index in [1.807, 2.05) is 12.1 Å². The second kappa shape index (κ2) is 10.1. The Morgan fingerprint density at radius 3 is 2.37 bits per heavy atom. The van der Waals surface area contributed by atoms with Gasteiger partial charge in [0.1, 0.15) is 5.75 Å². The van der Waals surface area contributed by atoms with Crippen LogP contribution in [-0.4, -0.2) is 31.5 Å². The number of ether oxygens (including phenoxy) is 2. The number of aryl methyl sites for hydroxylation is 1. The number of rotatable bonds is 8. The number of para-hydroxylation sites is 1. The molecule has 2 aromatic rings. The molecule has 27 heavy (non-hydrogen) atoms. The number of esters is 1. The minimum Gasteiger partial charge on any atom is -0.496 e. The second-order valence-corrected chi connectivity index (χ2v) is 5.95. The Bertz CT molecular complexity index is 798. The van der Waals surface area contributed by atoms with Gasteiger partial charge in [-0.2, -0.15) is 0 Å². The molecule has 0 spiro atoms. The van der Waals surface area contributed by atoms with Crippen LogP contribution in [0, 0.1) is 0 Å². The van der Waals surface area contributed by atoms with Crippen LogP contribution in [-0.2, 0) is 16.0 Å². The summed E-state index contributed by atoms with van der Waals surface area (Å²) in [5, 5.41) is 2.17. The minimum atomic E-state index is -0.709. The highest BCUT2D eigenvalue weighted by Crippen LogP contribution is 2.16. The summed E-state index contributed by atoms with van der Waals surface area (Å²) < 4.78 is 10.1. The molecular weight excluding hydrogens is 346 g/mol. The Morgan fingerprint density at radius 2 is 1.70 bits per heavy atom. The van der Waals surface area contributed by atoms with Gasteiger partial charge in [0.05, 0.1) is 18.2 Å². The lowest BCUT2D eigenvalue weighted by molar-refractivity contribution is -0.123. The molecule has 0 aliphatic heterocycles. The summed E-state index contributed by atoms with van der Waals surface area (Å²) in [5.41, 5.74) is 1.73. The molecule has 0 radical (unpaired) electrons. The van der Waals surface area contributed by atoms with Gasteiger partial charge in [-0.3, -0.25) is 14.9 Å². The van der Waals surface area contributed by atoms with Gasteiger partial charge < -0.3 is 9.47 Å². The number of hydrogen-bond acceptors (Lipinski definition) is 5. The van der Waals surface area contributed by atoms with E-state index in [-0.39, 0.29) is 5.56 Å². The number of methoxy groups -OCH3 is 1. The molecule has 6 nitrogen and oxygen atoms in total. The Kier molecular flexibility index (Phi) is 7.55. The third-order valence-corrected chi connectivity index (χ3v) is 3.95. The van der Waals surface area contributed by atoms with Gasteiger partial charge in [-0.25, -0.2) is 4.79 Å². The molecule has 0 atom stereocenters. The van der Waals surface area contributed by atoms with Crippen LogP contribution in [0.2, 0.25) is 0 Å². The largest absolute Gasteiger partial charge is 0.496 e. The summed E-state index contributed by atoms with van der Waals surface area (Å²) in [4.78, 5) is 36.0. The number of carbonyl (C=O) groups is 3. The third kappa shape index (κ3) is 5.95. The van der Waals surface area contributed by atoms with Crippen molar-refractivity contribution in [2.75, 3.05) is 13.7 Å². The summed E-state index contributed by atoms with van der Waals surface area (Å²) in [7, 11) is 1.43. The summed E-state index contributed by atoms with van der Waals surface area (Å²) >= 11 is 0. The zero-order chi connectivity index (χ0) is 19.6. The number of amides is 2. The lowest BCUT2D eigenvalue weighted by Crippen LogP contribution is -2.34. The monoisotopic (exact) mass is 369 g/mol. The summed E-state index contributed by atoms with van der Waals surface area (Å²) in [6.45, 7) is 1.58. The smallest absolute Gasteiger partial charge is 0.338 e. The van der Waals surface area contributed by atoms with Gasteiger partial charge in [0.2, 0.25) is 0 Å². The van der Waals surface area contributed by atoms with Gasteiger partial charge in [0, 0.05) is 0 Å². The summed E-state index contributed by atoms with van der Waals surface area (Å²) in [6, 6.07) is 13.6. The molecule has 142 valence electrons. The van der Waals surface area contributed by atoms with Gasteiger partial charge in [0.25, 0.3) is 11.8 Å². The van der Waals surface area contributed by atoms with Crippen molar-refractivity contribution in [1.82, 2.24) is 5.32 Å². The molecule has 0 aromatic heterocycles. The highest BCUT2D eigenvalue weighted by Gasteiger charge is 2.16. The molecule has 0 saturated heterocycles. The first-order valence-corrected chi connectivity index (χ1v) is 8.78. The van der Waals surface area contributed by atoms with E-state index in [2.05, 4.69) is 12.2 Å². The minimum absolute atomic E-state index is 0.224. The van der Waals surface area contributed by atoms with Crippen molar-refractivity contribution in [1.29, 1.82) is 0 Å². The topological polar surface area (TPSA) is 81.7 Å². The molecule has 0 heterocycles. The van der Waals surface area contributed by atoms with E-state index in [0.29, 0.717) is 11.3 Å². The number of carbonyl (C=O) groups excluding carboxylic acids is 3. The maximum absolute atomic E-state index is 12.1. The zero-order valence-electron chi connectivity index (χ0n) is 15.5. The number of unbranched alkanes of at least 4 members (excludes halogenated alkanes) is 1. The maximum atomic E-state index is 12.1. The first-order valence-electron chi connectivity index (χ1n) is 8.78. The molecule has 2 aromatic carbocycles. The number of hydrogen-bond donors (Lipinski definition) is 1. The molecule has 0 saturated carbocycles. The van der Waals surface area contributed by atoms with E-state index < -0.39 is 24.4 Å². The van der Waals surface area contributed by atoms with Crippen molar-refractivity contribution in [3.8, 4) is 5.75 Å². The quantitative estimate of drug-likeness (QED) is 0.723. The van der Waals surface area contributed by atoms with E-state index in [4.69, 9.17) is 9.47 Å². The van der Waals surface area contributed by atoms with Crippen molar-refractivity contribution in [3.63, 3.8) is 0 Å². The Hall–Kier alpha value is -3.15. The lowest BCUT2D eigenvalue weighted by Gasteiger charge is -2.09. The summed E-state index contributed by atoms with van der Waals surface area (Å²) in [6.07, 6.45) is 3.15. The van der Waals surface area contributed by atoms with E-state index in [1.54, 1.807) is 30.3 Å². The van der Waals surface area contributed by atoms with Gasteiger partial charge in [0.15, 0.2) is 6.61 Å². The highest BCUT2D eigenvalue weighted by atomic mass is 16.5. The Balaban J connectivity index is 1.85. The fraction of sp³-hybridized carbons (Fsp3) is 0.286. The standard InChI is InChI=1S/C21H23NO5/c1-3-4-7-15-10-12-16(13-11-15)21(25)27-14-19(23)22-20(24)17-8-5-6-9-18(17)26-2/h5-6,8-13H,3-4,7,14H2,1-2H3,(H,22,23,24). The molecule has 0 fully saturated rings. The first-order chi connectivity index (χ1) is 13.0. The Labute approximate surface area is 158 Å². The second-order valence-electron chi connectivity index (χ2n) is 5.95. The SMILES string of the molecule is CCCCc1ccc(C(=O)OCC(=O)NC(=O)c2ccccc2OC)cc1. The first kappa shape index (κ1) is 20.2. The predicted octanol–water partition coefficient (Wildman–Crippen LogP) is 3.15. The predicted molar refractivity (Wildman–Crippen MR) is 101 cm³/mol. The highest BCUT2D eigenvalue weighted by molar-refractivity contribution is 6.07. The number of nitrogens with one attached hydrogen (secondary N) is 1. The molecule has 0 bridgehead atoms. The van der Waals surface area contributed by atoms with Crippen LogP contribution < -0.4 is 10.1 Å². The van der Waals surface area contributed by atoms with Crippen LogP contribution in [0.25, 0.3) is 0 Å². The molecule has 0 aliphatic rings. The lowest BCUT2D eigenvalue weighted by atomic mass is 10.1. The van der Waals surface area contributed by atoms with Crippen molar-refractivity contribution in [2.45, 2.75) is 26.2 Å². The number of imide groups is 1. The van der Waals surface area contributed by atoms with Crippen molar-refractivity contribution >= 4 is 17.8 Å². The van der Waals surface area contributed by atoms with Crippen LogP contribution in [0.5, 0.6) is 5.75 Å². The maximum Gasteiger partial charge on any atom is 0.338 e.